The van der Waals surface area contributed by atoms with E-state index in [1.54, 1.807) is 0 Å². The summed E-state index contributed by atoms with van der Waals surface area (Å²) in [6, 6.07) is 0. The lowest BCUT2D eigenvalue weighted by atomic mass is 10.0. The van der Waals surface area contributed by atoms with Crippen molar-refractivity contribution in [3.63, 3.8) is 0 Å². The predicted octanol–water partition coefficient (Wildman–Crippen LogP) is 3.11. The average molecular weight is 420 g/mol. The molecule has 0 heterocycles. The van der Waals surface area contributed by atoms with Crippen LogP contribution in [0.2, 0.25) is 0 Å². The molecule has 4 heteroatoms. The Kier molecular flexibility index (Phi) is 23.2. The summed E-state index contributed by atoms with van der Waals surface area (Å²) in [5.41, 5.74) is 0. The third kappa shape index (κ3) is 22.2. The van der Waals surface area contributed by atoms with Crippen LogP contribution in [0.5, 0.6) is 0 Å². The Morgan fingerprint density at radius 1 is 0.821 bits per heavy atom. The fourth-order valence-electron chi connectivity index (χ4n) is 3.67. The van der Waals surface area contributed by atoms with E-state index in [1.807, 2.05) is 6.08 Å². The molecule has 0 spiro atoms. The number of aliphatic hydroxyl groups excluding tert-OH is 1. The first kappa shape index (κ1) is 30.1. The van der Waals surface area contributed by atoms with E-state index in [9.17, 15) is 5.11 Å². The molecule has 0 saturated carbocycles. The van der Waals surface area contributed by atoms with Gasteiger partial charge in [-0.2, -0.15) is 0 Å². The number of ether oxygens (including phenoxy) is 1. The highest BCUT2D eigenvalue weighted by molar-refractivity contribution is 4.65. The van der Waals surface area contributed by atoms with Crippen LogP contribution < -0.4 is 12.4 Å². The van der Waals surface area contributed by atoms with Crippen molar-refractivity contribution in [1.29, 1.82) is 0 Å². The Balaban J connectivity index is 0. The quantitative estimate of drug-likeness (QED) is 0.176. The molecule has 0 radical (unpaired) electrons. The van der Waals surface area contributed by atoms with Gasteiger partial charge in [-0.1, -0.05) is 97.0 Å². The Morgan fingerprint density at radius 3 is 1.68 bits per heavy atom. The Morgan fingerprint density at radius 2 is 1.25 bits per heavy atom. The number of hydrogen-bond acceptors (Lipinski definition) is 2. The molecule has 0 amide bonds. The van der Waals surface area contributed by atoms with E-state index in [0.717, 1.165) is 24.1 Å². The van der Waals surface area contributed by atoms with E-state index in [4.69, 9.17) is 4.74 Å². The number of likely N-dealkylation sites (N-methyl/N-ethyl adjacent to an activating group) is 1. The molecule has 0 bridgehead atoms. The molecule has 0 aromatic carbocycles. The molecule has 1 N–H and O–H groups in total. The van der Waals surface area contributed by atoms with Crippen LogP contribution in [-0.4, -0.2) is 56.1 Å². The molecule has 170 valence electrons. The summed E-state index contributed by atoms with van der Waals surface area (Å²) in [5.74, 6) is 0. The van der Waals surface area contributed by atoms with Crippen molar-refractivity contribution in [2.24, 2.45) is 0 Å². The van der Waals surface area contributed by atoms with Crippen molar-refractivity contribution in [3.8, 4) is 0 Å². The van der Waals surface area contributed by atoms with Gasteiger partial charge in [0.2, 0.25) is 0 Å². The number of aliphatic hydroxyl groups is 1. The summed E-state index contributed by atoms with van der Waals surface area (Å²) in [5, 5.41) is 10.1. The fourth-order valence-corrected chi connectivity index (χ4v) is 3.67. The molecule has 3 nitrogen and oxygen atoms in total. The average Bonchev–Trinajstić information content (AvgIpc) is 2.60. The minimum absolute atomic E-state index is 0. The Hall–Kier alpha value is -0.0900. The maximum absolute atomic E-state index is 10.1. The standard InChI is InChI=1S/C24H50NO2.ClH/c1-5-7-8-9-10-11-12-13-14-15-16-17-18-19-21-27-23-24(26)22-25(3,4)20-6-2;/h6,24,26H,2,5,7-23H2,1,3-4H3;1H/q+1;/p-1. The third-order valence-electron chi connectivity index (χ3n) is 5.28. The van der Waals surface area contributed by atoms with Crippen LogP contribution in [0.4, 0.5) is 0 Å². The van der Waals surface area contributed by atoms with Crippen molar-refractivity contribution in [2.45, 2.75) is 103 Å². The third-order valence-corrected chi connectivity index (χ3v) is 5.28. The van der Waals surface area contributed by atoms with Gasteiger partial charge in [0.05, 0.1) is 27.2 Å². The second kappa shape index (κ2) is 21.6. The lowest BCUT2D eigenvalue weighted by molar-refractivity contribution is -0.887. The zero-order valence-corrected chi connectivity index (χ0v) is 20.0. The van der Waals surface area contributed by atoms with Crippen LogP contribution in [0.3, 0.4) is 0 Å². The Bertz CT molecular complexity index is 324. The van der Waals surface area contributed by atoms with Crippen LogP contribution in [0.25, 0.3) is 0 Å². The minimum atomic E-state index is -0.383. The number of halogens is 1. The Labute approximate surface area is 182 Å². The van der Waals surface area contributed by atoms with E-state index >= 15 is 0 Å². The topological polar surface area (TPSA) is 29.5 Å². The molecule has 0 saturated heterocycles. The summed E-state index contributed by atoms with van der Waals surface area (Å²) in [7, 11) is 4.22. The summed E-state index contributed by atoms with van der Waals surface area (Å²) in [6.45, 7) is 8.88. The highest BCUT2D eigenvalue weighted by atomic mass is 35.5. The number of quaternary nitrogens is 1. The highest BCUT2D eigenvalue weighted by Gasteiger charge is 2.18. The van der Waals surface area contributed by atoms with Crippen molar-refractivity contribution >= 4 is 0 Å². The molecule has 0 aliphatic heterocycles. The molecule has 0 aliphatic rings. The second-order valence-electron chi connectivity index (χ2n) is 8.91. The number of hydrogen-bond donors (Lipinski definition) is 1. The van der Waals surface area contributed by atoms with Gasteiger partial charge in [0, 0.05) is 6.61 Å². The summed E-state index contributed by atoms with van der Waals surface area (Å²) in [4.78, 5) is 0. The van der Waals surface area contributed by atoms with Crippen molar-refractivity contribution in [2.75, 3.05) is 40.4 Å². The lowest BCUT2D eigenvalue weighted by Crippen LogP contribution is -3.00. The maximum Gasteiger partial charge on any atom is 0.126 e. The van der Waals surface area contributed by atoms with E-state index in [2.05, 4.69) is 27.6 Å². The SMILES string of the molecule is C=CC[N+](C)(C)CC(O)COCCCCCCCCCCCCCCCC.[Cl-]. The largest absolute Gasteiger partial charge is 1.00 e. The molecular weight excluding hydrogens is 370 g/mol. The number of rotatable bonds is 21. The number of unbranched alkanes of at least 4 members (excludes halogenated alkanes) is 13. The van der Waals surface area contributed by atoms with E-state index < -0.39 is 0 Å². The van der Waals surface area contributed by atoms with Gasteiger partial charge in [0.25, 0.3) is 0 Å². The summed E-state index contributed by atoms with van der Waals surface area (Å²) in [6.07, 6.45) is 20.8. The van der Waals surface area contributed by atoms with Gasteiger partial charge >= 0.3 is 0 Å². The molecule has 0 rings (SSSR count). The van der Waals surface area contributed by atoms with Crippen LogP contribution in [0.15, 0.2) is 12.7 Å². The van der Waals surface area contributed by atoms with Crippen LogP contribution in [0.1, 0.15) is 96.8 Å². The summed E-state index contributed by atoms with van der Waals surface area (Å²) >= 11 is 0. The number of nitrogens with zero attached hydrogens (tertiary/aromatic N) is 1. The van der Waals surface area contributed by atoms with E-state index in [-0.39, 0.29) is 18.5 Å². The second-order valence-corrected chi connectivity index (χ2v) is 8.91. The van der Waals surface area contributed by atoms with Gasteiger partial charge in [0.15, 0.2) is 0 Å². The monoisotopic (exact) mass is 419 g/mol. The van der Waals surface area contributed by atoms with Gasteiger partial charge in [-0.3, -0.25) is 0 Å². The lowest BCUT2D eigenvalue weighted by Gasteiger charge is -2.30. The first-order valence-corrected chi connectivity index (χ1v) is 11.7. The molecule has 0 aromatic heterocycles. The first-order valence-electron chi connectivity index (χ1n) is 11.7. The van der Waals surface area contributed by atoms with Crippen molar-refractivity contribution in [1.82, 2.24) is 0 Å². The minimum Gasteiger partial charge on any atom is -1.00 e. The predicted molar refractivity (Wildman–Crippen MR) is 119 cm³/mol. The van der Waals surface area contributed by atoms with Crippen molar-refractivity contribution in [3.05, 3.63) is 12.7 Å². The van der Waals surface area contributed by atoms with Crippen molar-refractivity contribution < 1.29 is 26.7 Å². The molecule has 0 aromatic rings. The normalized spacial score (nSPS) is 12.6. The van der Waals surface area contributed by atoms with Crippen LogP contribution in [0, 0.1) is 0 Å². The molecular formula is C24H50ClNO2. The zero-order chi connectivity index (χ0) is 20.2. The van der Waals surface area contributed by atoms with Crippen LogP contribution in [-0.2, 0) is 4.74 Å². The highest BCUT2D eigenvalue weighted by Crippen LogP contribution is 2.13. The molecule has 1 atom stereocenters. The van der Waals surface area contributed by atoms with Crippen LogP contribution >= 0.6 is 0 Å². The molecule has 28 heavy (non-hydrogen) atoms. The summed E-state index contributed by atoms with van der Waals surface area (Å²) < 4.78 is 6.40. The molecule has 0 fully saturated rings. The molecule has 0 aliphatic carbocycles. The van der Waals surface area contributed by atoms with E-state index in [0.29, 0.717) is 13.2 Å². The maximum atomic E-state index is 10.1. The van der Waals surface area contributed by atoms with Gasteiger partial charge in [-0.25, -0.2) is 0 Å². The van der Waals surface area contributed by atoms with Gasteiger partial charge < -0.3 is 26.7 Å². The van der Waals surface area contributed by atoms with E-state index in [1.165, 1.54) is 83.5 Å². The van der Waals surface area contributed by atoms with Gasteiger partial charge in [-0.05, 0) is 12.5 Å². The van der Waals surface area contributed by atoms with Gasteiger partial charge in [0.1, 0.15) is 12.6 Å². The zero-order valence-electron chi connectivity index (χ0n) is 19.3. The van der Waals surface area contributed by atoms with Gasteiger partial charge in [-0.15, -0.1) is 0 Å². The fraction of sp³-hybridized carbons (Fsp3) is 0.917. The first-order chi connectivity index (χ1) is 13.0. The molecule has 1 unspecified atom stereocenters. The smallest absolute Gasteiger partial charge is 0.126 e.